The second-order valence-electron chi connectivity index (χ2n) is 11.2. The van der Waals surface area contributed by atoms with Gasteiger partial charge in [0.25, 0.3) is 0 Å². The Morgan fingerprint density at radius 1 is 1.31 bits per heavy atom. The van der Waals surface area contributed by atoms with Gasteiger partial charge in [0.15, 0.2) is 8.32 Å². The van der Waals surface area contributed by atoms with Gasteiger partial charge in [0, 0.05) is 36.4 Å². The summed E-state index contributed by atoms with van der Waals surface area (Å²) in [6.07, 6.45) is 6.38. The van der Waals surface area contributed by atoms with Crippen LogP contribution in [0.2, 0.25) is 18.1 Å². The molecule has 4 atom stereocenters. The lowest BCUT2D eigenvalue weighted by Crippen LogP contribution is -2.55. The number of fused-ring (bicyclic) bond motifs is 1. The highest BCUT2D eigenvalue weighted by Gasteiger charge is 2.64. The fraction of sp³-hybridized carbons (Fsp3) is 0.750. The maximum absolute atomic E-state index is 6.93. The average Bonchev–Trinajstić information content (AvgIpc) is 3.15. The van der Waals surface area contributed by atoms with Crippen LogP contribution < -0.4 is 0 Å². The highest BCUT2D eigenvalue weighted by atomic mass is 28.4. The molecule has 1 aliphatic heterocycles. The van der Waals surface area contributed by atoms with E-state index in [-0.39, 0.29) is 22.2 Å². The van der Waals surface area contributed by atoms with Crippen molar-refractivity contribution in [2.24, 2.45) is 5.41 Å². The second kappa shape index (κ2) is 6.81. The zero-order valence-corrected chi connectivity index (χ0v) is 20.6. The molecule has 0 amide bonds. The number of ether oxygens (including phenoxy) is 1. The molecule has 0 bridgehead atoms. The molecular formula is C24H39NO3Si. The van der Waals surface area contributed by atoms with Crippen molar-refractivity contribution in [3.05, 3.63) is 35.3 Å². The van der Waals surface area contributed by atoms with Crippen molar-refractivity contribution >= 4 is 8.32 Å². The van der Waals surface area contributed by atoms with Crippen molar-refractivity contribution in [3.63, 3.8) is 0 Å². The van der Waals surface area contributed by atoms with E-state index in [1.807, 2.05) is 6.26 Å². The zero-order chi connectivity index (χ0) is 21.2. The van der Waals surface area contributed by atoms with Gasteiger partial charge in [0.05, 0.1) is 19.0 Å². The summed E-state index contributed by atoms with van der Waals surface area (Å²) in [5.41, 5.74) is 2.36. The molecule has 1 aromatic heterocycles. The molecule has 3 aliphatic rings. The zero-order valence-electron chi connectivity index (χ0n) is 19.6. The summed E-state index contributed by atoms with van der Waals surface area (Å²) in [6.45, 7) is 19.0. The predicted molar refractivity (Wildman–Crippen MR) is 120 cm³/mol. The summed E-state index contributed by atoms with van der Waals surface area (Å²) in [4.78, 5) is 2.46. The third-order valence-corrected chi connectivity index (χ3v) is 12.8. The third kappa shape index (κ3) is 3.03. The first-order valence-corrected chi connectivity index (χ1v) is 14.1. The van der Waals surface area contributed by atoms with Gasteiger partial charge in [-0.3, -0.25) is 0 Å². The Hall–Kier alpha value is -0.883. The molecule has 0 unspecified atom stereocenters. The van der Waals surface area contributed by atoms with Gasteiger partial charge in [0.1, 0.15) is 11.4 Å². The van der Waals surface area contributed by atoms with Crippen LogP contribution in [0.4, 0.5) is 0 Å². The molecule has 5 heteroatoms. The Bertz CT molecular complexity index is 807. The Morgan fingerprint density at radius 2 is 2.03 bits per heavy atom. The van der Waals surface area contributed by atoms with Gasteiger partial charge in [-0.2, -0.15) is 0 Å². The number of rotatable bonds is 3. The van der Waals surface area contributed by atoms with Gasteiger partial charge >= 0.3 is 0 Å². The quantitative estimate of drug-likeness (QED) is 0.469. The Morgan fingerprint density at radius 3 is 2.72 bits per heavy atom. The molecule has 2 aliphatic carbocycles. The lowest BCUT2D eigenvalue weighted by molar-refractivity contribution is -0.120. The van der Waals surface area contributed by atoms with Gasteiger partial charge < -0.3 is 18.5 Å². The highest BCUT2D eigenvalue weighted by Crippen LogP contribution is 2.65. The van der Waals surface area contributed by atoms with Crippen LogP contribution in [0.25, 0.3) is 0 Å². The smallest absolute Gasteiger partial charge is 0.192 e. The number of nitrogens with zero attached hydrogens (tertiary/aromatic N) is 1. The molecule has 0 spiro atoms. The van der Waals surface area contributed by atoms with Crippen molar-refractivity contribution < 1.29 is 13.6 Å². The summed E-state index contributed by atoms with van der Waals surface area (Å²) in [5, 5.41) is 0.198. The summed E-state index contributed by atoms with van der Waals surface area (Å²) >= 11 is 0. The maximum Gasteiger partial charge on any atom is 0.192 e. The van der Waals surface area contributed by atoms with E-state index in [0.29, 0.717) is 5.92 Å². The molecule has 0 aromatic carbocycles. The van der Waals surface area contributed by atoms with Crippen molar-refractivity contribution in [2.45, 2.75) is 83.2 Å². The van der Waals surface area contributed by atoms with Crippen LogP contribution in [-0.2, 0) is 14.8 Å². The van der Waals surface area contributed by atoms with E-state index in [1.54, 1.807) is 0 Å². The number of hydrogen-bond donors (Lipinski definition) is 0. The minimum absolute atomic E-state index is 0.0592. The van der Waals surface area contributed by atoms with E-state index in [1.165, 1.54) is 11.1 Å². The molecule has 1 fully saturated rings. The molecule has 1 saturated heterocycles. The van der Waals surface area contributed by atoms with E-state index < -0.39 is 8.32 Å². The molecule has 4 rings (SSSR count). The Balaban J connectivity index is 1.78. The summed E-state index contributed by atoms with van der Waals surface area (Å²) in [6, 6.07) is 2.17. The molecular weight excluding hydrogens is 378 g/mol. The van der Waals surface area contributed by atoms with Gasteiger partial charge in [0.2, 0.25) is 0 Å². The van der Waals surface area contributed by atoms with Gasteiger partial charge in [-0.25, -0.2) is 0 Å². The lowest BCUT2D eigenvalue weighted by Gasteiger charge is -2.53. The maximum atomic E-state index is 6.93. The van der Waals surface area contributed by atoms with Crippen molar-refractivity contribution in [3.8, 4) is 0 Å². The number of hydrogen-bond acceptors (Lipinski definition) is 4. The molecule has 0 saturated carbocycles. The van der Waals surface area contributed by atoms with E-state index in [4.69, 9.17) is 13.6 Å². The standard InChI is InChI=1S/C24H39NO3Si/c1-17-15-23-16-25(6)12-14-27-24(23,20-10-13-26-21(17)20)11-9-19(23)18(2)28-29(7,8)22(3,4)5/h9-10,13,17-18H,11-12,14-16H2,1-8H3/t17-,18-,23+,24+/m1/s1. The monoisotopic (exact) mass is 417 g/mol. The van der Waals surface area contributed by atoms with Gasteiger partial charge in [-0.15, -0.1) is 0 Å². The van der Waals surface area contributed by atoms with Crippen LogP contribution >= 0.6 is 0 Å². The molecule has 4 nitrogen and oxygen atoms in total. The normalized spacial score (nSPS) is 34.1. The first kappa shape index (κ1) is 21.4. The molecule has 0 radical (unpaired) electrons. The van der Waals surface area contributed by atoms with Crippen LogP contribution in [0, 0.1) is 5.41 Å². The number of furan rings is 1. The minimum Gasteiger partial charge on any atom is -0.469 e. The van der Waals surface area contributed by atoms with Crippen LogP contribution in [0.1, 0.15) is 64.7 Å². The fourth-order valence-electron chi connectivity index (χ4n) is 5.89. The summed E-state index contributed by atoms with van der Waals surface area (Å²) in [7, 11) is 0.362. The lowest BCUT2D eigenvalue weighted by atomic mass is 9.58. The van der Waals surface area contributed by atoms with E-state index in [2.05, 4.69) is 71.8 Å². The molecule has 162 valence electrons. The second-order valence-corrected chi connectivity index (χ2v) is 15.9. The minimum atomic E-state index is -1.87. The predicted octanol–water partition coefficient (Wildman–Crippen LogP) is 5.67. The van der Waals surface area contributed by atoms with Crippen LogP contribution in [0.15, 0.2) is 28.4 Å². The fourth-order valence-corrected chi connectivity index (χ4v) is 7.26. The summed E-state index contributed by atoms with van der Waals surface area (Å²) < 4.78 is 19.7. The molecule has 1 aromatic rings. The van der Waals surface area contributed by atoms with Crippen LogP contribution in [0.5, 0.6) is 0 Å². The van der Waals surface area contributed by atoms with E-state index in [0.717, 1.165) is 38.3 Å². The molecule has 2 heterocycles. The summed E-state index contributed by atoms with van der Waals surface area (Å²) in [5.74, 6) is 1.50. The van der Waals surface area contributed by atoms with Crippen molar-refractivity contribution in [1.29, 1.82) is 0 Å². The Kier molecular flexibility index (Phi) is 5.01. The number of likely N-dealkylation sites (N-methyl/N-ethyl adjacent to an activating group) is 1. The van der Waals surface area contributed by atoms with E-state index >= 15 is 0 Å². The van der Waals surface area contributed by atoms with Gasteiger partial charge in [-0.1, -0.05) is 33.8 Å². The first-order valence-electron chi connectivity index (χ1n) is 11.2. The molecule has 29 heavy (non-hydrogen) atoms. The molecule has 0 N–H and O–H groups in total. The topological polar surface area (TPSA) is 34.8 Å². The SMILES string of the molecule is C[C@@H]1C[C@@]23CN(C)CCO[C@@]2(CC=C3[C@@H](C)O[Si](C)(C)C(C)(C)C)c2ccoc21. The van der Waals surface area contributed by atoms with Gasteiger partial charge in [-0.05, 0) is 50.2 Å². The highest BCUT2D eigenvalue weighted by molar-refractivity contribution is 6.74. The average molecular weight is 418 g/mol. The first-order chi connectivity index (χ1) is 13.4. The van der Waals surface area contributed by atoms with E-state index in [9.17, 15) is 0 Å². The largest absolute Gasteiger partial charge is 0.469 e. The van der Waals surface area contributed by atoms with Crippen LogP contribution in [-0.4, -0.2) is 46.1 Å². The third-order valence-electron chi connectivity index (χ3n) is 8.24. The van der Waals surface area contributed by atoms with Crippen molar-refractivity contribution in [2.75, 3.05) is 26.7 Å². The van der Waals surface area contributed by atoms with Crippen molar-refractivity contribution in [1.82, 2.24) is 4.90 Å². The van der Waals surface area contributed by atoms with Crippen LogP contribution in [0.3, 0.4) is 0 Å². The Labute approximate surface area is 177 Å².